The van der Waals surface area contributed by atoms with Gasteiger partial charge in [-0.15, -0.1) is 0 Å². The number of rotatable bonds is 7. The number of benzene rings is 1. The summed E-state index contributed by atoms with van der Waals surface area (Å²) in [4.78, 5) is 23.6. The second kappa shape index (κ2) is 5.90. The van der Waals surface area contributed by atoms with Gasteiger partial charge in [0.05, 0.1) is 10.5 Å². The van der Waals surface area contributed by atoms with Gasteiger partial charge in [0.2, 0.25) is 0 Å². The summed E-state index contributed by atoms with van der Waals surface area (Å²) in [5.41, 5.74) is 0.344. The summed E-state index contributed by atoms with van der Waals surface area (Å²) in [6, 6.07) is 4.13. The number of hydrogen-bond donors (Lipinski definition) is 1. The van der Waals surface area contributed by atoms with E-state index in [-0.39, 0.29) is 11.3 Å². The second-order valence-corrected chi connectivity index (χ2v) is 5.16. The molecule has 2 rings (SSSR count). The maximum absolute atomic E-state index is 11.2. The lowest BCUT2D eigenvalue weighted by Gasteiger charge is -2.24. The van der Waals surface area contributed by atoms with Gasteiger partial charge in [-0.2, -0.15) is 0 Å². The molecule has 0 aliphatic heterocycles. The van der Waals surface area contributed by atoms with Crippen LogP contribution in [0, 0.1) is 16.0 Å². The summed E-state index contributed by atoms with van der Waals surface area (Å²) in [6.07, 6.45) is 3.23. The molecule has 1 aliphatic carbocycles. The van der Waals surface area contributed by atoms with Crippen LogP contribution in [0.3, 0.4) is 0 Å². The van der Waals surface area contributed by atoms with E-state index in [0.29, 0.717) is 11.6 Å². The van der Waals surface area contributed by atoms with Gasteiger partial charge in [-0.05, 0) is 37.3 Å². The Morgan fingerprint density at radius 1 is 1.50 bits per heavy atom. The van der Waals surface area contributed by atoms with E-state index in [2.05, 4.69) is 0 Å². The molecule has 6 nitrogen and oxygen atoms in total. The topological polar surface area (TPSA) is 83.7 Å². The first-order chi connectivity index (χ1) is 9.52. The molecule has 1 N–H and O–H groups in total. The number of hydrogen-bond acceptors (Lipinski definition) is 4. The fraction of sp³-hybridized carbons (Fsp3) is 0.500. The predicted molar refractivity (Wildman–Crippen MR) is 75.3 cm³/mol. The lowest BCUT2D eigenvalue weighted by atomic mass is 10.1. The monoisotopic (exact) mass is 278 g/mol. The molecule has 0 heterocycles. The van der Waals surface area contributed by atoms with Crippen LogP contribution in [-0.2, 0) is 0 Å². The van der Waals surface area contributed by atoms with E-state index in [0.717, 1.165) is 25.6 Å². The molecule has 0 amide bonds. The highest BCUT2D eigenvalue weighted by molar-refractivity contribution is 5.89. The largest absolute Gasteiger partial charge is 0.478 e. The van der Waals surface area contributed by atoms with E-state index in [4.69, 9.17) is 5.11 Å². The molecule has 0 unspecified atom stereocenters. The lowest BCUT2D eigenvalue weighted by Crippen LogP contribution is -2.27. The fourth-order valence-electron chi connectivity index (χ4n) is 2.26. The van der Waals surface area contributed by atoms with Crippen LogP contribution in [0.5, 0.6) is 0 Å². The zero-order valence-electron chi connectivity index (χ0n) is 11.4. The number of carbonyl (C=O) groups is 1. The van der Waals surface area contributed by atoms with Crippen molar-refractivity contribution in [3.05, 3.63) is 33.9 Å². The van der Waals surface area contributed by atoms with E-state index in [9.17, 15) is 14.9 Å². The molecule has 1 aromatic carbocycles. The van der Waals surface area contributed by atoms with Crippen LogP contribution in [0.4, 0.5) is 11.4 Å². The normalized spacial score (nSPS) is 14.1. The predicted octanol–water partition coefficient (Wildman–Crippen LogP) is 2.92. The maximum atomic E-state index is 11.2. The van der Waals surface area contributed by atoms with Gasteiger partial charge in [0.25, 0.3) is 5.69 Å². The van der Waals surface area contributed by atoms with Gasteiger partial charge >= 0.3 is 5.97 Å². The third kappa shape index (κ3) is 3.26. The standard InChI is InChI=1S/C14H18N2O4/c1-2-7-15(9-10-3-4-10)12-6-5-11(14(17)18)8-13(12)16(19)20/h5-6,8,10H,2-4,7,9H2,1H3,(H,17,18). The van der Waals surface area contributed by atoms with Gasteiger partial charge in [0.15, 0.2) is 0 Å². The van der Waals surface area contributed by atoms with Crippen molar-refractivity contribution in [1.29, 1.82) is 0 Å². The Hall–Kier alpha value is -2.11. The van der Waals surface area contributed by atoms with Gasteiger partial charge in [-0.1, -0.05) is 6.92 Å². The minimum absolute atomic E-state index is 0.0525. The minimum atomic E-state index is -1.15. The van der Waals surface area contributed by atoms with Gasteiger partial charge in [-0.3, -0.25) is 10.1 Å². The summed E-state index contributed by atoms with van der Waals surface area (Å²) < 4.78 is 0. The molecule has 0 spiro atoms. The van der Waals surface area contributed by atoms with Crippen molar-refractivity contribution in [2.45, 2.75) is 26.2 Å². The summed E-state index contributed by atoms with van der Waals surface area (Å²) in [7, 11) is 0. The van der Waals surface area contributed by atoms with Gasteiger partial charge in [0.1, 0.15) is 5.69 Å². The number of nitrogens with zero attached hydrogens (tertiary/aromatic N) is 2. The van der Waals surface area contributed by atoms with E-state index < -0.39 is 10.9 Å². The molecule has 0 aromatic heterocycles. The lowest BCUT2D eigenvalue weighted by molar-refractivity contribution is -0.384. The highest BCUT2D eigenvalue weighted by Gasteiger charge is 2.28. The Labute approximate surface area is 117 Å². The third-order valence-corrected chi connectivity index (χ3v) is 3.43. The average molecular weight is 278 g/mol. The molecule has 108 valence electrons. The third-order valence-electron chi connectivity index (χ3n) is 3.43. The molecule has 0 atom stereocenters. The average Bonchev–Trinajstić information content (AvgIpc) is 3.21. The van der Waals surface area contributed by atoms with Crippen LogP contribution in [0.15, 0.2) is 18.2 Å². The van der Waals surface area contributed by atoms with Crippen molar-refractivity contribution in [3.8, 4) is 0 Å². The van der Waals surface area contributed by atoms with Crippen molar-refractivity contribution in [1.82, 2.24) is 0 Å². The van der Waals surface area contributed by atoms with Crippen LogP contribution < -0.4 is 4.90 Å². The Morgan fingerprint density at radius 3 is 2.70 bits per heavy atom. The first-order valence-electron chi connectivity index (χ1n) is 6.79. The van der Waals surface area contributed by atoms with Crippen LogP contribution in [0.2, 0.25) is 0 Å². The Bertz CT molecular complexity index is 526. The number of nitro benzene ring substituents is 1. The Kier molecular flexibility index (Phi) is 4.22. The minimum Gasteiger partial charge on any atom is -0.478 e. The molecular weight excluding hydrogens is 260 g/mol. The zero-order chi connectivity index (χ0) is 14.7. The van der Waals surface area contributed by atoms with Crippen LogP contribution in [-0.4, -0.2) is 29.1 Å². The van der Waals surface area contributed by atoms with Gasteiger partial charge in [-0.25, -0.2) is 4.79 Å². The number of nitro groups is 1. The molecule has 20 heavy (non-hydrogen) atoms. The Morgan fingerprint density at radius 2 is 2.20 bits per heavy atom. The smallest absolute Gasteiger partial charge is 0.335 e. The summed E-state index contributed by atoms with van der Waals surface area (Å²) in [5, 5.41) is 20.1. The summed E-state index contributed by atoms with van der Waals surface area (Å²) in [6.45, 7) is 3.57. The summed E-state index contributed by atoms with van der Waals surface area (Å²) in [5.74, 6) is -0.538. The number of aromatic carboxylic acids is 1. The SMILES string of the molecule is CCCN(CC1CC1)c1ccc(C(=O)O)cc1[N+](=O)[O-]. The van der Waals surface area contributed by atoms with Crippen molar-refractivity contribution >= 4 is 17.3 Å². The molecule has 0 saturated heterocycles. The quantitative estimate of drug-likeness (QED) is 0.612. The number of carboxylic acids is 1. The Balaban J connectivity index is 2.35. The van der Waals surface area contributed by atoms with Crippen LogP contribution >= 0.6 is 0 Å². The maximum Gasteiger partial charge on any atom is 0.335 e. The molecule has 1 aliphatic rings. The van der Waals surface area contributed by atoms with Crippen LogP contribution in [0.1, 0.15) is 36.5 Å². The van der Waals surface area contributed by atoms with Crippen molar-refractivity contribution in [2.24, 2.45) is 5.92 Å². The van der Waals surface area contributed by atoms with E-state index in [1.165, 1.54) is 18.9 Å². The van der Waals surface area contributed by atoms with E-state index >= 15 is 0 Å². The van der Waals surface area contributed by atoms with Crippen molar-refractivity contribution < 1.29 is 14.8 Å². The molecule has 0 bridgehead atoms. The highest BCUT2D eigenvalue weighted by atomic mass is 16.6. The van der Waals surface area contributed by atoms with Gasteiger partial charge in [0, 0.05) is 19.2 Å². The molecule has 6 heteroatoms. The first kappa shape index (κ1) is 14.3. The van der Waals surface area contributed by atoms with E-state index in [1.54, 1.807) is 6.07 Å². The molecule has 1 fully saturated rings. The molecule has 1 saturated carbocycles. The molecular formula is C14H18N2O4. The van der Waals surface area contributed by atoms with Crippen molar-refractivity contribution in [3.63, 3.8) is 0 Å². The van der Waals surface area contributed by atoms with Gasteiger partial charge < -0.3 is 10.0 Å². The van der Waals surface area contributed by atoms with Crippen LogP contribution in [0.25, 0.3) is 0 Å². The molecule has 1 aromatic rings. The number of carboxylic acid groups (broad SMARTS) is 1. The number of anilines is 1. The molecule has 0 radical (unpaired) electrons. The summed E-state index contributed by atoms with van der Waals surface area (Å²) >= 11 is 0. The highest BCUT2D eigenvalue weighted by Crippen LogP contribution is 2.35. The fourth-order valence-corrected chi connectivity index (χ4v) is 2.26. The first-order valence-corrected chi connectivity index (χ1v) is 6.79. The van der Waals surface area contributed by atoms with Crippen molar-refractivity contribution in [2.75, 3.05) is 18.0 Å². The van der Waals surface area contributed by atoms with E-state index in [1.807, 2.05) is 11.8 Å². The second-order valence-electron chi connectivity index (χ2n) is 5.16. The zero-order valence-corrected chi connectivity index (χ0v) is 11.4.